The van der Waals surface area contributed by atoms with Gasteiger partial charge in [-0.25, -0.2) is 9.97 Å². The van der Waals surface area contributed by atoms with Gasteiger partial charge in [-0.3, -0.25) is 9.69 Å². The number of nitrogen functional groups attached to an aromatic ring is 1. The van der Waals surface area contributed by atoms with Gasteiger partial charge in [0.1, 0.15) is 24.5 Å². The molecule has 1 aliphatic carbocycles. The van der Waals surface area contributed by atoms with Crippen LogP contribution in [0.1, 0.15) is 33.6 Å². The van der Waals surface area contributed by atoms with E-state index in [2.05, 4.69) is 22.2 Å². The van der Waals surface area contributed by atoms with Crippen LogP contribution in [0.2, 0.25) is 5.15 Å². The average Bonchev–Trinajstić information content (AvgIpc) is 3.43. The van der Waals surface area contributed by atoms with E-state index in [9.17, 15) is 4.79 Å². The van der Waals surface area contributed by atoms with Gasteiger partial charge in [-0.2, -0.15) is 0 Å². The second kappa shape index (κ2) is 12.3. The molecular weight excluding hydrogens is 550 g/mol. The summed E-state index contributed by atoms with van der Waals surface area (Å²) in [5.41, 5.74) is 8.05. The van der Waals surface area contributed by atoms with Crippen molar-refractivity contribution in [2.45, 2.75) is 68.9 Å². The maximum Gasteiger partial charge on any atom is 0.257 e. The van der Waals surface area contributed by atoms with E-state index in [0.29, 0.717) is 17.4 Å². The number of hydrogen-bond acceptors (Lipinski definition) is 9. The quantitative estimate of drug-likeness (QED) is 0.177. The number of amides is 1. The van der Waals surface area contributed by atoms with Gasteiger partial charge in [0, 0.05) is 17.1 Å². The molecule has 0 radical (unpaired) electrons. The van der Waals surface area contributed by atoms with Crippen LogP contribution in [0, 0.1) is 0 Å². The molecular formula is C29H34ClN5O4S. The van der Waals surface area contributed by atoms with Gasteiger partial charge in [0.2, 0.25) is 0 Å². The van der Waals surface area contributed by atoms with Crippen molar-refractivity contribution in [3.63, 3.8) is 0 Å². The topological polar surface area (TPSA) is 112 Å². The van der Waals surface area contributed by atoms with Crippen LogP contribution in [-0.2, 0) is 19.0 Å². The predicted molar refractivity (Wildman–Crippen MR) is 158 cm³/mol. The third-order valence-corrected chi connectivity index (χ3v) is 8.09. The van der Waals surface area contributed by atoms with Crippen molar-refractivity contribution in [3.8, 4) is 0 Å². The highest BCUT2D eigenvalue weighted by Crippen LogP contribution is 2.42. The van der Waals surface area contributed by atoms with E-state index in [1.54, 1.807) is 4.90 Å². The number of thioether (sulfide) groups is 1. The first-order chi connectivity index (χ1) is 19.3. The Bertz CT molecular complexity index is 1280. The zero-order valence-corrected chi connectivity index (χ0v) is 24.3. The Morgan fingerprint density at radius 3 is 2.35 bits per heavy atom. The lowest BCUT2D eigenvalue weighted by Gasteiger charge is -2.26. The van der Waals surface area contributed by atoms with Crippen molar-refractivity contribution in [2.75, 3.05) is 28.3 Å². The summed E-state index contributed by atoms with van der Waals surface area (Å²) in [4.78, 5) is 24.1. The zero-order valence-electron chi connectivity index (χ0n) is 22.7. The molecule has 1 aromatic heterocycles. The third-order valence-electron chi connectivity index (χ3n) is 6.75. The summed E-state index contributed by atoms with van der Waals surface area (Å²) in [6.45, 7) is 5.69. The summed E-state index contributed by atoms with van der Waals surface area (Å²) < 4.78 is 18.8. The van der Waals surface area contributed by atoms with Crippen LogP contribution in [-0.4, -0.2) is 58.4 Å². The Kier molecular flexibility index (Phi) is 8.82. The first-order valence-corrected chi connectivity index (χ1v) is 14.7. The Hall–Kier alpha value is -2.89. The van der Waals surface area contributed by atoms with E-state index in [0.717, 1.165) is 23.5 Å². The normalized spacial score (nSPS) is 23.1. The second-order valence-corrected chi connectivity index (χ2v) is 11.6. The number of ether oxygens (including phenoxy) is 3. The standard InChI is InChI=1S/C29H34ClN5O4S/c1-4-15-40-28-33-26(30)23(31)27(34-28)32-20-16-21(25-24(20)38-29(2,3)39-25)37-17-22(36)35(18-11-7-5-8-12-18)19-13-9-6-10-14-19/h5-14,20-21,24-25H,4,15-17,31H2,1-3H3,(H,32,33,34)/t20-,21+,24+,25-/m1/s1. The molecule has 5 rings (SSSR count). The summed E-state index contributed by atoms with van der Waals surface area (Å²) in [7, 11) is 0. The van der Waals surface area contributed by atoms with E-state index >= 15 is 0 Å². The fourth-order valence-electron chi connectivity index (χ4n) is 5.04. The van der Waals surface area contributed by atoms with Crippen molar-refractivity contribution >= 4 is 52.2 Å². The Labute approximate surface area is 243 Å². The Morgan fingerprint density at radius 2 is 1.73 bits per heavy atom. The number of nitrogens with two attached hydrogens (primary N) is 1. The van der Waals surface area contributed by atoms with Gasteiger partial charge in [0.25, 0.3) is 5.91 Å². The van der Waals surface area contributed by atoms with Crippen molar-refractivity contribution in [1.82, 2.24) is 9.97 Å². The Balaban J connectivity index is 1.33. The van der Waals surface area contributed by atoms with Crippen molar-refractivity contribution in [2.24, 2.45) is 0 Å². The molecule has 0 bridgehead atoms. The number of fused-ring (bicyclic) bond motifs is 1. The first kappa shape index (κ1) is 28.6. The van der Waals surface area contributed by atoms with Crippen LogP contribution >= 0.6 is 23.4 Å². The van der Waals surface area contributed by atoms with Gasteiger partial charge >= 0.3 is 0 Å². The third kappa shape index (κ3) is 6.37. The molecule has 3 N–H and O–H groups in total. The van der Waals surface area contributed by atoms with E-state index in [1.165, 1.54) is 11.8 Å². The van der Waals surface area contributed by atoms with Crippen molar-refractivity contribution < 1.29 is 19.0 Å². The highest BCUT2D eigenvalue weighted by molar-refractivity contribution is 7.99. The molecule has 0 unspecified atom stereocenters. The van der Waals surface area contributed by atoms with Crippen LogP contribution in [0.25, 0.3) is 0 Å². The number of carbonyl (C=O) groups is 1. The minimum Gasteiger partial charge on any atom is -0.393 e. The molecule has 0 spiro atoms. The van der Waals surface area contributed by atoms with Gasteiger partial charge in [-0.1, -0.05) is 66.7 Å². The molecule has 1 aliphatic heterocycles. The summed E-state index contributed by atoms with van der Waals surface area (Å²) in [5, 5.41) is 4.18. The largest absolute Gasteiger partial charge is 0.393 e. The highest BCUT2D eigenvalue weighted by Gasteiger charge is 2.55. The van der Waals surface area contributed by atoms with Gasteiger partial charge in [-0.05, 0) is 51.0 Å². The van der Waals surface area contributed by atoms with Gasteiger partial charge in [0.05, 0.1) is 12.1 Å². The molecule has 11 heteroatoms. The highest BCUT2D eigenvalue weighted by atomic mass is 35.5. The molecule has 2 aromatic carbocycles. The van der Waals surface area contributed by atoms with Crippen LogP contribution in [0.15, 0.2) is 65.8 Å². The zero-order chi connectivity index (χ0) is 28.3. The molecule has 9 nitrogen and oxygen atoms in total. The number of para-hydroxylation sites is 2. The molecule has 2 aliphatic rings. The van der Waals surface area contributed by atoms with Crippen LogP contribution in [0.5, 0.6) is 0 Å². The molecule has 40 heavy (non-hydrogen) atoms. The van der Waals surface area contributed by atoms with Crippen LogP contribution in [0.3, 0.4) is 0 Å². The monoisotopic (exact) mass is 583 g/mol. The number of benzene rings is 2. The summed E-state index contributed by atoms with van der Waals surface area (Å²) in [5.74, 6) is 0.323. The number of halogens is 1. The number of rotatable bonds is 10. The number of carbonyl (C=O) groups excluding carboxylic acids is 1. The second-order valence-electron chi connectivity index (χ2n) is 10.2. The summed E-state index contributed by atoms with van der Waals surface area (Å²) >= 11 is 7.85. The predicted octanol–water partition coefficient (Wildman–Crippen LogP) is 5.67. The van der Waals surface area contributed by atoms with E-state index < -0.39 is 11.9 Å². The van der Waals surface area contributed by atoms with E-state index in [1.807, 2.05) is 74.5 Å². The van der Waals surface area contributed by atoms with Gasteiger partial charge < -0.3 is 25.3 Å². The van der Waals surface area contributed by atoms with Gasteiger partial charge in [0.15, 0.2) is 21.9 Å². The number of nitrogens with one attached hydrogen (secondary N) is 1. The molecule has 3 aromatic rings. The molecule has 1 amide bonds. The number of aromatic nitrogens is 2. The van der Waals surface area contributed by atoms with E-state index in [4.69, 9.17) is 31.5 Å². The number of nitrogens with zero attached hydrogens (tertiary/aromatic N) is 3. The number of hydrogen-bond donors (Lipinski definition) is 2. The fraction of sp³-hybridized carbons (Fsp3) is 0.414. The molecule has 1 saturated carbocycles. The Morgan fingerprint density at radius 1 is 1.10 bits per heavy atom. The molecule has 2 heterocycles. The molecule has 2 fully saturated rings. The lowest BCUT2D eigenvalue weighted by atomic mass is 10.2. The SMILES string of the molecule is CCCSc1nc(Cl)c(N)c(N[C@@H]2C[C@H](OCC(=O)N(c3ccccc3)c3ccccc3)[C@H]3OC(C)(C)O[C@H]32)n1. The summed E-state index contributed by atoms with van der Waals surface area (Å²) in [6, 6.07) is 18.8. The maximum absolute atomic E-state index is 13.6. The van der Waals surface area contributed by atoms with Gasteiger partial charge in [-0.15, -0.1) is 0 Å². The fourth-order valence-corrected chi connectivity index (χ4v) is 5.96. The summed E-state index contributed by atoms with van der Waals surface area (Å²) in [6.07, 6.45) is 0.390. The first-order valence-electron chi connectivity index (χ1n) is 13.4. The van der Waals surface area contributed by atoms with Crippen molar-refractivity contribution in [3.05, 3.63) is 65.8 Å². The molecule has 1 saturated heterocycles. The lowest BCUT2D eigenvalue weighted by molar-refractivity contribution is -0.167. The number of anilines is 4. The van der Waals surface area contributed by atoms with Crippen LogP contribution < -0.4 is 16.0 Å². The smallest absolute Gasteiger partial charge is 0.257 e. The maximum atomic E-state index is 13.6. The van der Waals surface area contributed by atoms with Crippen molar-refractivity contribution in [1.29, 1.82) is 0 Å². The van der Waals surface area contributed by atoms with E-state index in [-0.39, 0.29) is 41.6 Å². The van der Waals surface area contributed by atoms with Crippen LogP contribution in [0.4, 0.5) is 22.9 Å². The average molecular weight is 584 g/mol. The lowest BCUT2D eigenvalue weighted by Crippen LogP contribution is -2.36. The minimum absolute atomic E-state index is 0.131. The molecule has 212 valence electrons. The minimum atomic E-state index is -0.807. The molecule has 4 atom stereocenters.